The molecule has 210 valence electrons. The minimum Gasteiger partial charge on any atom is -0.495 e. The Balaban J connectivity index is 1.12. The first-order valence-corrected chi connectivity index (χ1v) is 13.9. The average Bonchev–Trinajstić information content (AvgIpc) is 2.97. The monoisotopic (exact) mass is 545 g/mol. The molecule has 0 bridgehead atoms. The SMILES string of the molecule is COc1cc(NC2=NC(c3ccc(OC4CCOCC4)c(C#N)c3)N=CN2)ccc1N1CCN(C2COC2)CC1. The maximum Gasteiger partial charge on any atom is 0.203 e. The fourth-order valence-corrected chi connectivity index (χ4v) is 5.38. The molecule has 11 heteroatoms. The van der Waals surface area contributed by atoms with Crippen LogP contribution in [0.2, 0.25) is 0 Å². The average molecular weight is 546 g/mol. The van der Waals surface area contributed by atoms with Gasteiger partial charge >= 0.3 is 0 Å². The number of nitrogens with one attached hydrogen (secondary N) is 2. The van der Waals surface area contributed by atoms with Crippen LogP contribution >= 0.6 is 0 Å². The van der Waals surface area contributed by atoms with Gasteiger partial charge in [-0.05, 0) is 29.8 Å². The molecule has 40 heavy (non-hydrogen) atoms. The Bertz CT molecular complexity index is 1290. The largest absolute Gasteiger partial charge is 0.495 e. The predicted octanol–water partition coefficient (Wildman–Crippen LogP) is 2.74. The van der Waals surface area contributed by atoms with Crippen LogP contribution in [0.25, 0.3) is 0 Å². The second-order valence-corrected chi connectivity index (χ2v) is 10.3. The lowest BCUT2D eigenvalue weighted by molar-refractivity contribution is -0.0660. The number of hydrogen-bond acceptors (Lipinski definition) is 11. The number of anilines is 2. The highest BCUT2D eigenvalue weighted by atomic mass is 16.5. The third kappa shape index (κ3) is 5.84. The Hall–Kier alpha value is -3.85. The van der Waals surface area contributed by atoms with E-state index in [4.69, 9.17) is 23.9 Å². The van der Waals surface area contributed by atoms with Crippen LogP contribution in [-0.2, 0) is 9.47 Å². The highest BCUT2D eigenvalue weighted by molar-refractivity contribution is 6.01. The van der Waals surface area contributed by atoms with Crippen LogP contribution in [0.3, 0.4) is 0 Å². The lowest BCUT2D eigenvalue weighted by Crippen LogP contribution is -2.56. The molecule has 3 saturated heterocycles. The number of aliphatic imine (C=N–C) groups is 2. The maximum atomic E-state index is 9.76. The maximum absolute atomic E-state index is 9.76. The summed E-state index contributed by atoms with van der Waals surface area (Å²) < 4.78 is 22.6. The first kappa shape index (κ1) is 26.4. The summed E-state index contributed by atoms with van der Waals surface area (Å²) >= 11 is 0. The summed E-state index contributed by atoms with van der Waals surface area (Å²) in [4.78, 5) is 14.1. The molecule has 0 amide bonds. The van der Waals surface area contributed by atoms with Crippen molar-refractivity contribution in [1.82, 2.24) is 10.2 Å². The van der Waals surface area contributed by atoms with Crippen molar-refractivity contribution in [2.24, 2.45) is 9.98 Å². The summed E-state index contributed by atoms with van der Waals surface area (Å²) in [7, 11) is 1.70. The van der Waals surface area contributed by atoms with Gasteiger partial charge in [-0.2, -0.15) is 5.26 Å². The molecule has 0 spiro atoms. The van der Waals surface area contributed by atoms with Crippen molar-refractivity contribution in [3.63, 3.8) is 0 Å². The zero-order valence-corrected chi connectivity index (χ0v) is 22.7. The summed E-state index contributed by atoms with van der Waals surface area (Å²) in [5.41, 5.74) is 3.23. The molecule has 0 aliphatic carbocycles. The van der Waals surface area contributed by atoms with E-state index in [1.165, 1.54) is 0 Å². The van der Waals surface area contributed by atoms with Gasteiger partial charge in [0, 0.05) is 50.8 Å². The molecule has 1 atom stereocenters. The van der Waals surface area contributed by atoms with Crippen LogP contribution in [0, 0.1) is 11.3 Å². The van der Waals surface area contributed by atoms with Crippen LogP contribution < -0.4 is 25.0 Å². The number of ether oxygens (including phenoxy) is 4. The molecule has 11 nitrogen and oxygen atoms in total. The normalized spacial score (nSPS) is 22.1. The summed E-state index contributed by atoms with van der Waals surface area (Å²) in [6, 6.07) is 14.5. The van der Waals surface area contributed by atoms with Crippen molar-refractivity contribution in [2.45, 2.75) is 31.2 Å². The van der Waals surface area contributed by atoms with E-state index in [1.54, 1.807) is 19.5 Å². The number of nitriles is 1. The van der Waals surface area contributed by atoms with Crippen LogP contribution in [0.5, 0.6) is 11.5 Å². The van der Waals surface area contributed by atoms with Gasteiger partial charge in [0.1, 0.15) is 23.7 Å². The van der Waals surface area contributed by atoms with E-state index in [1.807, 2.05) is 24.3 Å². The van der Waals surface area contributed by atoms with Crippen LogP contribution in [0.4, 0.5) is 11.4 Å². The fourth-order valence-electron chi connectivity index (χ4n) is 5.38. The first-order chi connectivity index (χ1) is 19.7. The second-order valence-electron chi connectivity index (χ2n) is 10.3. The van der Waals surface area contributed by atoms with E-state index >= 15 is 0 Å². The number of nitrogens with zero attached hydrogens (tertiary/aromatic N) is 5. The van der Waals surface area contributed by atoms with Crippen LogP contribution in [0.1, 0.15) is 30.1 Å². The van der Waals surface area contributed by atoms with Gasteiger partial charge in [-0.1, -0.05) is 6.07 Å². The molecule has 4 heterocycles. The van der Waals surface area contributed by atoms with E-state index in [0.29, 0.717) is 36.5 Å². The van der Waals surface area contributed by atoms with Gasteiger partial charge in [-0.3, -0.25) is 4.90 Å². The van der Waals surface area contributed by atoms with Gasteiger partial charge < -0.3 is 34.5 Å². The Morgan fingerprint density at radius 1 is 1.02 bits per heavy atom. The Labute approximate surface area is 234 Å². The molecule has 4 aliphatic heterocycles. The highest BCUT2D eigenvalue weighted by Crippen LogP contribution is 2.33. The minimum atomic E-state index is -0.480. The predicted molar refractivity (Wildman–Crippen MR) is 152 cm³/mol. The van der Waals surface area contributed by atoms with Crippen molar-refractivity contribution in [3.05, 3.63) is 47.5 Å². The van der Waals surface area contributed by atoms with Gasteiger partial charge in [0.05, 0.1) is 57.2 Å². The Morgan fingerprint density at radius 2 is 1.85 bits per heavy atom. The van der Waals surface area contributed by atoms with Gasteiger partial charge in [0.2, 0.25) is 5.96 Å². The fraction of sp³-hybridized carbons (Fsp3) is 0.483. The number of hydrogen-bond donors (Lipinski definition) is 2. The molecule has 2 N–H and O–H groups in total. The molecule has 0 saturated carbocycles. The smallest absolute Gasteiger partial charge is 0.203 e. The quantitative estimate of drug-likeness (QED) is 0.542. The van der Waals surface area contributed by atoms with Gasteiger partial charge in [-0.25, -0.2) is 9.98 Å². The van der Waals surface area contributed by atoms with E-state index in [2.05, 4.69) is 37.6 Å². The lowest BCUT2D eigenvalue weighted by atomic mass is 10.1. The van der Waals surface area contributed by atoms with Crippen molar-refractivity contribution in [2.75, 3.05) is 69.9 Å². The molecule has 1 unspecified atom stereocenters. The number of piperazine rings is 1. The van der Waals surface area contributed by atoms with Crippen molar-refractivity contribution in [1.29, 1.82) is 5.26 Å². The van der Waals surface area contributed by atoms with Gasteiger partial charge in [0.25, 0.3) is 0 Å². The summed E-state index contributed by atoms with van der Waals surface area (Å²) in [5, 5.41) is 16.2. The standard InChI is InChI=1S/C29H35N7O4/c1-37-27-15-22(3-4-25(27)36-10-8-35(9-11-36)23-17-39-18-23)33-29-32-19-31-28(34-29)20-2-5-26(21(14-20)16-30)40-24-6-12-38-13-7-24/h2-5,14-15,19,23-24,28H,6-13,17-18H2,1H3,(H2,31,32,33,34). The molecule has 2 aromatic carbocycles. The number of methoxy groups -OCH3 is 1. The molecule has 0 radical (unpaired) electrons. The van der Waals surface area contributed by atoms with Crippen LogP contribution in [0.15, 0.2) is 46.4 Å². The zero-order valence-electron chi connectivity index (χ0n) is 22.7. The molecular formula is C29H35N7O4. The highest BCUT2D eigenvalue weighted by Gasteiger charge is 2.29. The zero-order chi connectivity index (χ0) is 27.3. The Morgan fingerprint density at radius 3 is 2.58 bits per heavy atom. The molecule has 3 fully saturated rings. The van der Waals surface area contributed by atoms with Gasteiger partial charge in [-0.15, -0.1) is 0 Å². The number of benzene rings is 2. The van der Waals surface area contributed by atoms with E-state index in [-0.39, 0.29) is 6.10 Å². The lowest BCUT2D eigenvalue weighted by Gasteiger charge is -2.43. The molecule has 0 aromatic heterocycles. The molecular weight excluding hydrogens is 510 g/mol. The molecule has 2 aromatic rings. The molecule has 4 aliphatic rings. The van der Waals surface area contributed by atoms with Gasteiger partial charge in [0.15, 0.2) is 6.17 Å². The topological polar surface area (TPSA) is 116 Å². The van der Waals surface area contributed by atoms with Crippen molar-refractivity contribution in [3.8, 4) is 17.6 Å². The van der Waals surface area contributed by atoms with Crippen LogP contribution in [-0.4, -0.2) is 89.1 Å². The number of guanidine groups is 1. The third-order valence-electron chi connectivity index (χ3n) is 7.79. The van der Waals surface area contributed by atoms with E-state index in [0.717, 1.165) is 74.9 Å². The summed E-state index contributed by atoms with van der Waals surface area (Å²) in [6.45, 7) is 7.02. The number of rotatable bonds is 7. The molecule has 6 rings (SSSR count). The van der Waals surface area contributed by atoms with E-state index < -0.39 is 6.17 Å². The summed E-state index contributed by atoms with van der Waals surface area (Å²) in [6.07, 6.45) is 2.85. The third-order valence-corrected chi connectivity index (χ3v) is 7.79. The summed E-state index contributed by atoms with van der Waals surface area (Å²) in [5.74, 6) is 1.96. The van der Waals surface area contributed by atoms with E-state index in [9.17, 15) is 5.26 Å². The Kier molecular flexibility index (Phi) is 7.99. The first-order valence-electron chi connectivity index (χ1n) is 13.9. The van der Waals surface area contributed by atoms with Crippen molar-refractivity contribution >= 4 is 23.7 Å². The van der Waals surface area contributed by atoms with Crippen molar-refractivity contribution < 1.29 is 18.9 Å². The minimum absolute atomic E-state index is 0.0628. The second kappa shape index (κ2) is 12.1.